The van der Waals surface area contributed by atoms with Gasteiger partial charge in [-0.3, -0.25) is 0 Å². The Morgan fingerprint density at radius 1 is 1.14 bits per heavy atom. The molecular formula is C12H26N2. The zero-order chi connectivity index (χ0) is 10.4. The van der Waals surface area contributed by atoms with Crippen LogP contribution in [0.25, 0.3) is 0 Å². The van der Waals surface area contributed by atoms with E-state index in [0.29, 0.717) is 0 Å². The molecule has 1 heterocycles. The maximum absolute atomic E-state index is 2.70. The average molecular weight is 198 g/mol. The van der Waals surface area contributed by atoms with Gasteiger partial charge < -0.3 is 9.80 Å². The fraction of sp³-hybridized carbons (Fsp3) is 1.00. The van der Waals surface area contributed by atoms with Gasteiger partial charge in [-0.05, 0) is 59.4 Å². The zero-order valence-electron chi connectivity index (χ0n) is 10.1. The molecule has 1 unspecified atom stereocenters. The Morgan fingerprint density at radius 2 is 1.79 bits per heavy atom. The van der Waals surface area contributed by atoms with Crippen LogP contribution < -0.4 is 0 Å². The largest absolute Gasteiger partial charge is 0.309 e. The second-order valence-electron chi connectivity index (χ2n) is 4.75. The Morgan fingerprint density at radius 3 is 2.29 bits per heavy atom. The van der Waals surface area contributed by atoms with Crippen molar-refractivity contribution in [2.45, 2.75) is 45.1 Å². The van der Waals surface area contributed by atoms with Gasteiger partial charge in [-0.25, -0.2) is 0 Å². The molecule has 2 heteroatoms. The fourth-order valence-corrected chi connectivity index (χ4v) is 2.34. The van der Waals surface area contributed by atoms with Crippen LogP contribution in [0.2, 0.25) is 0 Å². The minimum absolute atomic E-state index is 0.831. The van der Waals surface area contributed by atoms with Crippen molar-refractivity contribution in [3.8, 4) is 0 Å². The van der Waals surface area contributed by atoms with Crippen molar-refractivity contribution >= 4 is 0 Å². The van der Waals surface area contributed by atoms with E-state index < -0.39 is 0 Å². The standard InChI is InChI=1S/C12H26N2/c1-4-12(8-11-13(2)3)14-9-6-5-7-10-14/h12H,4-11H2,1-3H3. The highest BCUT2D eigenvalue weighted by molar-refractivity contribution is 4.74. The highest BCUT2D eigenvalue weighted by Gasteiger charge is 2.18. The number of hydrogen-bond donors (Lipinski definition) is 0. The van der Waals surface area contributed by atoms with E-state index in [0.717, 1.165) is 6.04 Å². The smallest absolute Gasteiger partial charge is 0.0105 e. The third-order valence-corrected chi connectivity index (χ3v) is 3.29. The van der Waals surface area contributed by atoms with Crippen LogP contribution in [0.5, 0.6) is 0 Å². The summed E-state index contributed by atoms with van der Waals surface area (Å²) in [7, 11) is 4.34. The van der Waals surface area contributed by atoms with Gasteiger partial charge >= 0.3 is 0 Å². The Labute approximate surface area is 89.3 Å². The van der Waals surface area contributed by atoms with E-state index in [4.69, 9.17) is 0 Å². The predicted octanol–water partition coefficient (Wildman–Crippen LogP) is 2.20. The average Bonchev–Trinajstić information content (AvgIpc) is 2.20. The highest BCUT2D eigenvalue weighted by atomic mass is 15.2. The van der Waals surface area contributed by atoms with Crippen LogP contribution >= 0.6 is 0 Å². The van der Waals surface area contributed by atoms with Crippen LogP contribution in [0.15, 0.2) is 0 Å². The van der Waals surface area contributed by atoms with Crippen LogP contribution in [0.3, 0.4) is 0 Å². The summed E-state index contributed by atoms with van der Waals surface area (Å²) in [5.74, 6) is 0. The first-order valence-corrected chi connectivity index (χ1v) is 6.12. The summed E-state index contributed by atoms with van der Waals surface area (Å²) >= 11 is 0. The van der Waals surface area contributed by atoms with Gasteiger partial charge in [0, 0.05) is 6.04 Å². The molecule has 0 saturated carbocycles. The van der Waals surface area contributed by atoms with Crippen molar-refractivity contribution in [3.63, 3.8) is 0 Å². The summed E-state index contributed by atoms with van der Waals surface area (Å²) in [5.41, 5.74) is 0. The first-order chi connectivity index (χ1) is 6.74. The lowest BCUT2D eigenvalue weighted by Crippen LogP contribution is -2.40. The summed E-state index contributed by atoms with van der Waals surface area (Å²) in [6, 6.07) is 0.831. The van der Waals surface area contributed by atoms with Gasteiger partial charge in [-0.1, -0.05) is 13.3 Å². The van der Waals surface area contributed by atoms with Crippen LogP contribution in [0.4, 0.5) is 0 Å². The Hall–Kier alpha value is -0.0800. The second kappa shape index (κ2) is 6.41. The number of nitrogens with zero attached hydrogens (tertiary/aromatic N) is 2. The molecule has 1 aliphatic heterocycles. The summed E-state index contributed by atoms with van der Waals surface area (Å²) in [6.07, 6.45) is 6.93. The molecule has 1 fully saturated rings. The van der Waals surface area contributed by atoms with E-state index >= 15 is 0 Å². The lowest BCUT2D eigenvalue weighted by atomic mass is 10.0. The number of piperidine rings is 1. The van der Waals surface area contributed by atoms with Gasteiger partial charge in [-0.2, -0.15) is 0 Å². The zero-order valence-corrected chi connectivity index (χ0v) is 10.1. The molecule has 0 radical (unpaired) electrons. The van der Waals surface area contributed by atoms with Gasteiger partial charge in [0.25, 0.3) is 0 Å². The normalized spacial score (nSPS) is 21.4. The Bertz CT molecular complexity index is 139. The van der Waals surface area contributed by atoms with E-state index in [1.165, 1.54) is 51.7 Å². The minimum atomic E-state index is 0.831. The van der Waals surface area contributed by atoms with E-state index in [2.05, 4.69) is 30.8 Å². The first kappa shape index (κ1) is 12.0. The van der Waals surface area contributed by atoms with E-state index in [1.54, 1.807) is 0 Å². The molecule has 1 atom stereocenters. The van der Waals surface area contributed by atoms with Crippen LogP contribution in [-0.2, 0) is 0 Å². The molecular weight excluding hydrogens is 172 g/mol. The SMILES string of the molecule is CCC(CCN(C)C)N1CCCCC1. The van der Waals surface area contributed by atoms with Crippen molar-refractivity contribution in [3.05, 3.63) is 0 Å². The van der Waals surface area contributed by atoms with Gasteiger partial charge in [0.05, 0.1) is 0 Å². The summed E-state index contributed by atoms with van der Waals surface area (Å²) in [6.45, 7) is 6.24. The quantitative estimate of drug-likeness (QED) is 0.668. The molecule has 14 heavy (non-hydrogen) atoms. The molecule has 0 spiro atoms. The number of rotatable bonds is 5. The lowest BCUT2D eigenvalue weighted by Gasteiger charge is -2.34. The van der Waals surface area contributed by atoms with Crippen LogP contribution in [0, 0.1) is 0 Å². The first-order valence-electron chi connectivity index (χ1n) is 6.12. The second-order valence-corrected chi connectivity index (χ2v) is 4.75. The molecule has 0 bridgehead atoms. The molecule has 1 aliphatic rings. The molecule has 0 N–H and O–H groups in total. The van der Waals surface area contributed by atoms with Crippen molar-refractivity contribution in [1.82, 2.24) is 9.80 Å². The van der Waals surface area contributed by atoms with Gasteiger partial charge in [-0.15, -0.1) is 0 Å². The van der Waals surface area contributed by atoms with Gasteiger partial charge in [0.1, 0.15) is 0 Å². The molecule has 2 nitrogen and oxygen atoms in total. The highest BCUT2D eigenvalue weighted by Crippen LogP contribution is 2.16. The van der Waals surface area contributed by atoms with Crippen LogP contribution in [-0.4, -0.2) is 49.6 Å². The Balaban J connectivity index is 2.28. The Kier molecular flexibility index (Phi) is 5.49. The van der Waals surface area contributed by atoms with Gasteiger partial charge in [0.2, 0.25) is 0 Å². The van der Waals surface area contributed by atoms with Crippen molar-refractivity contribution in [2.75, 3.05) is 33.7 Å². The number of hydrogen-bond acceptors (Lipinski definition) is 2. The summed E-state index contributed by atoms with van der Waals surface area (Å²) < 4.78 is 0. The maximum atomic E-state index is 2.70. The summed E-state index contributed by atoms with van der Waals surface area (Å²) in [4.78, 5) is 5.00. The van der Waals surface area contributed by atoms with Crippen molar-refractivity contribution < 1.29 is 0 Å². The van der Waals surface area contributed by atoms with E-state index in [-0.39, 0.29) is 0 Å². The molecule has 0 aromatic rings. The third kappa shape index (κ3) is 3.97. The fourth-order valence-electron chi connectivity index (χ4n) is 2.34. The molecule has 0 aromatic carbocycles. The van der Waals surface area contributed by atoms with Gasteiger partial charge in [0.15, 0.2) is 0 Å². The predicted molar refractivity (Wildman–Crippen MR) is 62.7 cm³/mol. The molecule has 84 valence electrons. The van der Waals surface area contributed by atoms with E-state index in [1.807, 2.05) is 0 Å². The molecule has 0 amide bonds. The lowest BCUT2D eigenvalue weighted by molar-refractivity contribution is 0.143. The number of likely N-dealkylation sites (tertiary alicyclic amines) is 1. The summed E-state index contributed by atoms with van der Waals surface area (Å²) in [5, 5.41) is 0. The monoisotopic (exact) mass is 198 g/mol. The molecule has 1 rings (SSSR count). The maximum Gasteiger partial charge on any atom is 0.0105 e. The van der Waals surface area contributed by atoms with Crippen LogP contribution in [0.1, 0.15) is 39.0 Å². The van der Waals surface area contributed by atoms with E-state index in [9.17, 15) is 0 Å². The van der Waals surface area contributed by atoms with Crippen molar-refractivity contribution in [2.24, 2.45) is 0 Å². The molecule has 0 aromatic heterocycles. The van der Waals surface area contributed by atoms with Crippen molar-refractivity contribution in [1.29, 1.82) is 0 Å². The minimum Gasteiger partial charge on any atom is -0.309 e. The third-order valence-electron chi connectivity index (χ3n) is 3.29. The molecule has 1 saturated heterocycles. The molecule has 0 aliphatic carbocycles. The topological polar surface area (TPSA) is 6.48 Å².